The maximum absolute atomic E-state index is 9.11. The van der Waals surface area contributed by atoms with Crippen LogP contribution in [-0.4, -0.2) is 11.7 Å². The molecule has 1 fully saturated rings. The summed E-state index contributed by atoms with van der Waals surface area (Å²) in [6.45, 7) is 4.62. The predicted octanol–water partition coefficient (Wildman–Crippen LogP) is 3.18. The lowest BCUT2D eigenvalue weighted by Gasteiger charge is -2.16. The second-order valence-corrected chi connectivity index (χ2v) is 4.88. The third kappa shape index (κ3) is 2.60. The van der Waals surface area contributed by atoms with E-state index in [0.717, 1.165) is 12.3 Å². The van der Waals surface area contributed by atoms with Gasteiger partial charge in [0.2, 0.25) is 0 Å². The lowest BCUT2D eigenvalue weighted by Crippen LogP contribution is -2.04. The monoisotopic (exact) mass is 204 g/mol. The molecule has 1 aliphatic carbocycles. The van der Waals surface area contributed by atoms with Crippen LogP contribution in [0, 0.1) is 19.8 Å². The number of rotatable bonds is 4. The molecule has 0 bridgehead atoms. The van der Waals surface area contributed by atoms with Gasteiger partial charge >= 0.3 is 0 Å². The SMILES string of the molecule is Cc1cc(C)cc(C(CCO)C2CC2)c1. The summed E-state index contributed by atoms with van der Waals surface area (Å²) in [6, 6.07) is 6.78. The Bertz CT molecular complexity index is 319. The summed E-state index contributed by atoms with van der Waals surface area (Å²) in [4.78, 5) is 0. The highest BCUT2D eigenvalue weighted by Crippen LogP contribution is 2.44. The van der Waals surface area contributed by atoms with Crippen molar-refractivity contribution in [3.63, 3.8) is 0 Å². The quantitative estimate of drug-likeness (QED) is 0.798. The molecule has 0 aliphatic heterocycles. The highest BCUT2D eigenvalue weighted by atomic mass is 16.3. The smallest absolute Gasteiger partial charge is 0.0436 e. The third-order valence-electron chi connectivity index (χ3n) is 3.30. The van der Waals surface area contributed by atoms with Crippen LogP contribution >= 0.6 is 0 Å². The summed E-state index contributed by atoms with van der Waals surface area (Å²) in [5.74, 6) is 1.42. The number of aliphatic hydroxyl groups excluding tert-OH is 1. The van der Waals surface area contributed by atoms with Crippen molar-refractivity contribution in [3.05, 3.63) is 34.9 Å². The summed E-state index contributed by atoms with van der Waals surface area (Å²) in [6.07, 6.45) is 3.61. The molecule has 0 amide bonds. The van der Waals surface area contributed by atoms with Crippen LogP contribution in [0.1, 0.15) is 41.9 Å². The standard InChI is InChI=1S/C14H20O/c1-10-7-11(2)9-13(8-10)14(5-6-15)12-3-4-12/h7-9,12,14-15H,3-6H2,1-2H3. The lowest BCUT2D eigenvalue weighted by molar-refractivity contribution is 0.270. The van der Waals surface area contributed by atoms with Gasteiger partial charge in [-0.15, -0.1) is 0 Å². The van der Waals surface area contributed by atoms with Crippen molar-refractivity contribution >= 4 is 0 Å². The third-order valence-corrected chi connectivity index (χ3v) is 3.30. The fraction of sp³-hybridized carbons (Fsp3) is 0.571. The maximum Gasteiger partial charge on any atom is 0.0436 e. The molecule has 1 saturated carbocycles. The molecule has 1 unspecified atom stereocenters. The zero-order chi connectivity index (χ0) is 10.8. The average Bonchev–Trinajstić information content (AvgIpc) is 2.95. The Morgan fingerprint density at radius 3 is 2.27 bits per heavy atom. The minimum absolute atomic E-state index is 0.314. The van der Waals surface area contributed by atoms with E-state index in [1.54, 1.807) is 0 Å². The predicted molar refractivity (Wildman–Crippen MR) is 63.1 cm³/mol. The molecule has 2 rings (SSSR count). The van der Waals surface area contributed by atoms with E-state index < -0.39 is 0 Å². The summed E-state index contributed by atoms with van der Waals surface area (Å²) in [5, 5.41) is 9.11. The van der Waals surface area contributed by atoms with Gasteiger partial charge < -0.3 is 5.11 Å². The topological polar surface area (TPSA) is 20.2 Å². The van der Waals surface area contributed by atoms with Gasteiger partial charge in [-0.1, -0.05) is 29.3 Å². The molecule has 15 heavy (non-hydrogen) atoms. The van der Waals surface area contributed by atoms with Crippen LogP contribution < -0.4 is 0 Å². The number of aliphatic hydroxyl groups is 1. The Labute approximate surface area is 92.1 Å². The summed E-state index contributed by atoms with van der Waals surface area (Å²) < 4.78 is 0. The summed E-state index contributed by atoms with van der Waals surface area (Å²) in [5.41, 5.74) is 4.12. The van der Waals surface area contributed by atoms with E-state index in [4.69, 9.17) is 5.11 Å². The Kier molecular flexibility index (Phi) is 3.11. The van der Waals surface area contributed by atoms with Crippen LogP contribution in [0.25, 0.3) is 0 Å². The number of aryl methyl sites for hydroxylation is 2. The molecule has 1 heteroatoms. The van der Waals surface area contributed by atoms with Gasteiger partial charge in [0.25, 0.3) is 0 Å². The zero-order valence-corrected chi connectivity index (χ0v) is 9.66. The minimum atomic E-state index is 0.314. The minimum Gasteiger partial charge on any atom is -0.396 e. The van der Waals surface area contributed by atoms with E-state index >= 15 is 0 Å². The lowest BCUT2D eigenvalue weighted by atomic mass is 9.89. The van der Waals surface area contributed by atoms with Gasteiger partial charge in [0.1, 0.15) is 0 Å². The average molecular weight is 204 g/mol. The van der Waals surface area contributed by atoms with Crippen molar-refractivity contribution in [2.24, 2.45) is 5.92 Å². The Morgan fingerprint density at radius 2 is 1.80 bits per heavy atom. The molecule has 0 radical (unpaired) electrons. The first-order valence-corrected chi connectivity index (χ1v) is 5.90. The molecule has 0 saturated heterocycles. The molecule has 1 N–H and O–H groups in total. The fourth-order valence-electron chi connectivity index (χ4n) is 2.54. The van der Waals surface area contributed by atoms with E-state index in [-0.39, 0.29) is 0 Å². The highest BCUT2D eigenvalue weighted by molar-refractivity contribution is 5.32. The number of benzene rings is 1. The van der Waals surface area contributed by atoms with E-state index in [0.29, 0.717) is 12.5 Å². The van der Waals surface area contributed by atoms with Gasteiger partial charge in [0.05, 0.1) is 0 Å². The number of hydrogen-bond acceptors (Lipinski definition) is 1. The second kappa shape index (κ2) is 4.36. The molecule has 1 nitrogen and oxygen atoms in total. The fourth-order valence-corrected chi connectivity index (χ4v) is 2.54. The van der Waals surface area contributed by atoms with Crippen LogP contribution in [0.5, 0.6) is 0 Å². The van der Waals surface area contributed by atoms with E-state index in [1.807, 2.05) is 0 Å². The van der Waals surface area contributed by atoms with Crippen LogP contribution in [0.2, 0.25) is 0 Å². The van der Waals surface area contributed by atoms with Crippen molar-refractivity contribution < 1.29 is 5.11 Å². The Morgan fingerprint density at radius 1 is 1.20 bits per heavy atom. The van der Waals surface area contributed by atoms with Crippen molar-refractivity contribution in [1.82, 2.24) is 0 Å². The summed E-state index contributed by atoms with van der Waals surface area (Å²) >= 11 is 0. The van der Waals surface area contributed by atoms with Gasteiger partial charge in [-0.2, -0.15) is 0 Å². The molecule has 82 valence electrons. The Balaban J connectivity index is 2.24. The molecule has 0 aromatic heterocycles. The molecule has 0 heterocycles. The highest BCUT2D eigenvalue weighted by Gasteiger charge is 2.31. The molecule has 1 atom stereocenters. The van der Waals surface area contributed by atoms with Crippen LogP contribution in [-0.2, 0) is 0 Å². The van der Waals surface area contributed by atoms with Crippen LogP contribution in [0.3, 0.4) is 0 Å². The number of hydrogen-bond donors (Lipinski definition) is 1. The van der Waals surface area contributed by atoms with Gasteiger partial charge in [0.15, 0.2) is 0 Å². The van der Waals surface area contributed by atoms with Crippen molar-refractivity contribution in [2.75, 3.05) is 6.61 Å². The molecule has 1 aliphatic rings. The first-order chi connectivity index (χ1) is 7.20. The first-order valence-electron chi connectivity index (χ1n) is 5.90. The maximum atomic E-state index is 9.11. The van der Waals surface area contributed by atoms with Crippen molar-refractivity contribution in [3.8, 4) is 0 Å². The second-order valence-electron chi connectivity index (χ2n) is 4.88. The Hall–Kier alpha value is -0.820. The molecule has 1 aromatic carbocycles. The summed E-state index contributed by atoms with van der Waals surface area (Å²) in [7, 11) is 0. The van der Waals surface area contributed by atoms with E-state index in [2.05, 4.69) is 32.0 Å². The molecule has 1 aromatic rings. The van der Waals surface area contributed by atoms with Crippen molar-refractivity contribution in [2.45, 2.75) is 39.0 Å². The first kappa shape index (κ1) is 10.7. The van der Waals surface area contributed by atoms with Gasteiger partial charge in [-0.05, 0) is 50.5 Å². The molecular weight excluding hydrogens is 184 g/mol. The molecular formula is C14H20O. The largest absolute Gasteiger partial charge is 0.396 e. The normalized spacial score (nSPS) is 17.8. The van der Waals surface area contributed by atoms with Crippen molar-refractivity contribution in [1.29, 1.82) is 0 Å². The van der Waals surface area contributed by atoms with Crippen LogP contribution in [0.15, 0.2) is 18.2 Å². The zero-order valence-electron chi connectivity index (χ0n) is 9.66. The van der Waals surface area contributed by atoms with E-state index in [1.165, 1.54) is 29.5 Å². The van der Waals surface area contributed by atoms with Crippen LogP contribution in [0.4, 0.5) is 0 Å². The van der Waals surface area contributed by atoms with E-state index in [9.17, 15) is 0 Å². The molecule has 0 spiro atoms. The van der Waals surface area contributed by atoms with Gasteiger partial charge in [-0.3, -0.25) is 0 Å². The van der Waals surface area contributed by atoms with Gasteiger partial charge in [-0.25, -0.2) is 0 Å². The van der Waals surface area contributed by atoms with Gasteiger partial charge in [0, 0.05) is 6.61 Å².